The van der Waals surface area contributed by atoms with Crippen molar-refractivity contribution in [2.24, 2.45) is 0 Å². The molecule has 5 rings (SSSR count). The maximum Gasteiger partial charge on any atom is 0.197 e. The SMILES string of the molecule is COc1cnn(-c2cc([C@@H]3C[C@H]3c3cnc(-c4ncccn4)nc3)cc(F)c2F)c1. The average molecular weight is 406 g/mol. The summed E-state index contributed by atoms with van der Waals surface area (Å²) in [5, 5.41) is 4.05. The lowest BCUT2D eigenvalue weighted by Gasteiger charge is -2.08. The van der Waals surface area contributed by atoms with Crippen LogP contribution in [-0.4, -0.2) is 36.8 Å². The van der Waals surface area contributed by atoms with Crippen LogP contribution in [0.3, 0.4) is 0 Å². The Balaban J connectivity index is 1.40. The Morgan fingerprint density at radius 1 is 0.933 bits per heavy atom. The van der Waals surface area contributed by atoms with Crippen LogP contribution in [0, 0.1) is 11.6 Å². The maximum absolute atomic E-state index is 14.4. The minimum absolute atomic E-state index is 0.0479. The molecule has 30 heavy (non-hydrogen) atoms. The number of ether oxygens (including phenoxy) is 1. The standard InChI is InChI=1S/C21H16F2N6O/c1-30-14-10-28-29(11-14)18-6-12(5-17(22)19(18)23)15-7-16(15)13-8-26-21(27-9-13)20-24-3-2-4-25-20/h2-6,8-11,15-16H,7H2,1H3/t15-,16-/m0/s1. The molecule has 0 amide bonds. The minimum Gasteiger partial charge on any atom is -0.493 e. The van der Waals surface area contributed by atoms with Gasteiger partial charge in [-0.25, -0.2) is 33.4 Å². The third-order valence-corrected chi connectivity index (χ3v) is 5.16. The van der Waals surface area contributed by atoms with Gasteiger partial charge in [-0.15, -0.1) is 0 Å². The normalized spacial score (nSPS) is 17.7. The first-order chi connectivity index (χ1) is 14.6. The number of rotatable bonds is 5. The highest BCUT2D eigenvalue weighted by Crippen LogP contribution is 2.54. The van der Waals surface area contributed by atoms with Gasteiger partial charge in [-0.1, -0.05) is 0 Å². The van der Waals surface area contributed by atoms with Gasteiger partial charge in [-0.05, 0) is 47.6 Å². The van der Waals surface area contributed by atoms with Crippen molar-refractivity contribution in [1.82, 2.24) is 29.7 Å². The molecule has 1 aliphatic rings. The molecular formula is C21H16F2N6O. The predicted molar refractivity (Wildman–Crippen MR) is 103 cm³/mol. The van der Waals surface area contributed by atoms with Crippen LogP contribution < -0.4 is 4.74 Å². The Labute approximate surface area is 170 Å². The molecule has 3 aromatic heterocycles. The van der Waals surface area contributed by atoms with Crippen LogP contribution in [0.4, 0.5) is 8.78 Å². The first kappa shape index (κ1) is 18.3. The Kier molecular flexibility index (Phi) is 4.42. The van der Waals surface area contributed by atoms with Gasteiger partial charge in [0.2, 0.25) is 0 Å². The van der Waals surface area contributed by atoms with Crippen molar-refractivity contribution in [2.45, 2.75) is 18.3 Å². The van der Waals surface area contributed by atoms with Crippen LogP contribution >= 0.6 is 0 Å². The molecule has 0 saturated heterocycles. The number of hydrogen-bond donors (Lipinski definition) is 0. The van der Waals surface area contributed by atoms with Gasteiger partial charge in [0, 0.05) is 24.8 Å². The Morgan fingerprint density at radius 2 is 1.63 bits per heavy atom. The summed E-state index contributed by atoms with van der Waals surface area (Å²) in [4.78, 5) is 17.0. The molecular weight excluding hydrogens is 390 g/mol. The summed E-state index contributed by atoms with van der Waals surface area (Å²) >= 11 is 0. The number of methoxy groups -OCH3 is 1. The quantitative estimate of drug-likeness (QED) is 0.503. The Morgan fingerprint density at radius 3 is 2.33 bits per heavy atom. The molecule has 9 heteroatoms. The van der Waals surface area contributed by atoms with E-state index in [1.54, 1.807) is 36.9 Å². The molecule has 1 aromatic carbocycles. The number of aromatic nitrogens is 6. The van der Waals surface area contributed by atoms with Crippen molar-refractivity contribution in [3.8, 4) is 23.1 Å². The topological polar surface area (TPSA) is 78.6 Å². The summed E-state index contributed by atoms with van der Waals surface area (Å²) in [5.41, 5.74) is 1.69. The summed E-state index contributed by atoms with van der Waals surface area (Å²) in [5.74, 6) is -0.299. The molecule has 1 saturated carbocycles. The first-order valence-electron chi connectivity index (χ1n) is 9.31. The van der Waals surface area contributed by atoms with E-state index < -0.39 is 11.6 Å². The monoisotopic (exact) mass is 406 g/mol. The lowest BCUT2D eigenvalue weighted by Crippen LogP contribution is -2.02. The summed E-state index contributed by atoms with van der Waals surface area (Å²) in [6.07, 6.45) is 10.5. The first-order valence-corrected chi connectivity index (χ1v) is 9.31. The van der Waals surface area contributed by atoms with Crippen molar-refractivity contribution >= 4 is 0 Å². The zero-order valence-corrected chi connectivity index (χ0v) is 15.9. The molecule has 0 radical (unpaired) electrons. The summed E-state index contributed by atoms with van der Waals surface area (Å²) < 4.78 is 35.0. The largest absolute Gasteiger partial charge is 0.493 e. The second-order valence-electron chi connectivity index (χ2n) is 7.02. The zero-order valence-electron chi connectivity index (χ0n) is 15.9. The van der Waals surface area contributed by atoms with Crippen LogP contribution in [0.15, 0.2) is 55.4 Å². The highest BCUT2D eigenvalue weighted by atomic mass is 19.2. The fourth-order valence-corrected chi connectivity index (χ4v) is 3.51. The molecule has 0 N–H and O–H groups in total. The number of halogens is 2. The Hall–Kier alpha value is -3.75. The highest BCUT2D eigenvalue weighted by Gasteiger charge is 2.41. The van der Waals surface area contributed by atoms with Gasteiger partial charge < -0.3 is 4.74 Å². The van der Waals surface area contributed by atoms with Crippen LogP contribution in [-0.2, 0) is 0 Å². The average Bonchev–Trinajstić information content (AvgIpc) is 3.45. The fourth-order valence-electron chi connectivity index (χ4n) is 3.51. The number of nitrogens with zero attached hydrogens (tertiary/aromatic N) is 6. The van der Waals surface area contributed by atoms with E-state index in [0.717, 1.165) is 12.0 Å². The van der Waals surface area contributed by atoms with E-state index in [1.807, 2.05) is 0 Å². The molecule has 1 aliphatic carbocycles. The van der Waals surface area contributed by atoms with Crippen molar-refractivity contribution in [3.63, 3.8) is 0 Å². The highest BCUT2D eigenvalue weighted by molar-refractivity contribution is 5.45. The predicted octanol–water partition coefficient (Wildman–Crippen LogP) is 3.68. The van der Waals surface area contributed by atoms with E-state index in [2.05, 4.69) is 25.0 Å². The van der Waals surface area contributed by atoms with Crippen LogP contribution in [0.2, 0.25) is 0 Å². The van der Waals surface area contributed by atoms with E-state index >= 15 is 0 Å². The molecule has 0 spiro atoms. The van der Waals surface area contributed by atoms with Gasteiger partial charge in [0.25, 0.3) is 0 Å². The molecule has 4 aromatic rings. The van der Waals surface area contributed by atoms with Gasteiger partial charge in [0.15, 0.2) is 29.0 Å². The van der Waals surface area contributed by atoms with E-state index in [0.29, 0.717) is 23.0 Å². The summed E-state index contributed by atoms with van der Waals surface area (Å²) in [6, 6.07) is 4.60. The molecule has 0 unspecified atom stereocenters. The molecule has 0 aliphatic heterocycles. The number of hydrogen-bond acceptors (Lipinski definition) is 6. The lowest BCUT2D eigenvalue weighted by molar-refractivity contribution is 0.414. The zero-order chi connectivity index (χ0) is 20.7. The van der Waals surface area contributed by atoms with Gasteiger partial charge in [0.1, 0.15) is 5.69 Å². The Bertz CT molecular complexity index is 1200. The van der Waals surface area contributed by atoms with Crippen LogP contribution in [0.1, 0.15) is 29.4 Å². The van der Waals surface area contributed by atoms with Crippen molar-refractivity contribution in [1.29, 1.82) is 0 Å². The van der Waals surface area contributed by atoms with E-state index in [9.17, 15) is 8.78 Å². The summed E-state index contributed by atoms with van der Waals surface area (Å²) in [6.45, 7) is 0. The van der Waals surface area contributed by atoms with Crippen molar-refractivity contribution in [3.05, 3.63) is 78.1 Å². The van der Waals surface area contributed by atoms with Crippen molar-refractivity contribution < 1.29 is 13.5 Å². The lowest BCUT2D eigenvalue weighted by atomic mass is 10.1. The molecule has 3 heterocycles. The molecule has 2 atom stereocenters. The molecule has 7 nitrogen and oxygen atoms in total. The molecule has 1 fully saturated rings. The molecule has 0 bridgehead atoms. The third kappa shape index (κ3) is 3.28. The summed E-state index contributed by atoms with van der Waals surface area (Å²) in [7, 11) is 1.49. The number of benzene rings is 1. The van der Waals surface area contributed by atoms with Gasteiger partial charge in [-0.3, -0.25) is 0 Å². The van der Waals surface area contributed by atoms with Gasteiger partial charge in [0.05, 0.1) is 19.5 Å². The van der Waals surface area contributed by atoms with Gasteiger partial charge >= 0.3 is 0 Å². The fraction of sp³-hybridized carbons (Fsp3) is 0.190. The second-order valence-corrected chi connectivity index (χ2v) is 7.02. The van der Waals surface area contributed by atoms with E-state index in [-0.39, 0.29) is 17.5 Å². The van der Waals surface area contributed by atoms with E-state index in [4.69, 9.17) is 4.74 Å². The van der Waals surface area contributed by atoms with Crippen LogP contribution in [0.5, 0.6) is 5.75 Å². The molecule has 150 valence electrons. The van der Waals surface area contributed by atoms with Crippen LogP contribution in [0.25, 0.3) is 17.3 Å². The third-order valence-electron chi connectivity index (χ3n) is 5.16. The maximum atomic E-state index is 14.4. The van der Waals surface area contributed by atoms with Crippen molar-refractivity contribution in [2.75, 3.05) is 7.11 Å². The smallest absolute Gasteiger partial charge is 0.197 e. The van der Waals surface area contributed by atoms with E-state index in [1.165, 1.54) is 30.3 Å². The van der Waals surface area contributed by atoms with Gasteiger partial charge in [-0.2, -0.15) is 5.10 Å². The second kappa shape index (κ2) is 7.25. The minimum atomic E-state index is -0.947.